The molecule has 3 aliphatic heterocycles. The number of aliphatic hydroxyl groups is 2. The minimum atomic E-state index is -1.56. The molecule has 6 atom stereocenters. The van der Waals surface area contributed by atoms with Gasteiger partial charge in [-0.3, -0.25) is 14.5 Å². The molecule has 2 N–H and O–H groups in total. The zero-order valence-electron chi connectivity index (χ0n) is 15.3. The van der Waals surface area contributed by atoms with Crippen LogP contribution in [0.1, 0.15) is 32.6 Å². The maximum absolute atomic E-state index is 12.8. The summed E-state index contributed by atoms with van der Waals surface area (Å²) in [5.74, 6) is -1.16. The van der Waals surface area contributed by atoms with Gasteiger partial charge in [0.25, 0.3) is 11.8 Å². The summed E-state index contributed by atoms with van der Waals surface area (Å²) in [6, 6.07) is 14.3. The van der Waals surface area contributed by atoms with Crippen molar-refractivity contribution in [1.82, 2.24) is 4.90 Å². The second-order valence-corrected chi connectivity index (χ2v) is 7.25. The number of ether oxygens (including phenoxy) is 3. The number of benzene rings is 2. The molecule has 0 saturated carbocycles. The van der Waals surface area contributed by atoms with Crippen LogP contribution in [0.25, 0.3) is 0 Å². The molecule has 2 aromatic carbocycles. The minimum absolute atomic E-state index is 0.0905. The molecule has 0 bridgehead atoms. The molecular weight excluding hydrogens is 378 g/mol. The first-order chi connectivity index (χ1) is 14.1. The number of nitrogens with zero attached hydrogens (tertiary/aromatic N) is 1. The number of aliphatic hydroxyl groups excluding tert-OH is 2. The number of carbonyl (C=O) groups is 2. The standard InChI is InChI=1S/C21H19NO7/c23-16-15(22-18(24)12-8-4-5-9-13(12)19(22)25)20(26)28-14-10-27-21(29-17(14)16)11-6-2-1-3-7-11/h1-9,14-17,20-21,23,26H,10H2/t14-,15-,16-,17-,20-,21?/m1/s1. The van der Waals surface area contributed by atoms with Crippen LogP contribution in [0.5, 0.6) is 0 Å². The van der Waals surface area contributed by atoms with Gasteiger partial charge in [0.15, 0.2) is 12.6 Å². The monoisotopic (exact) mass is 397 g/mol. The average Bonchev–Trinajstić information content (AvgIpc) is 3.00. The van der Waals surface area contributed by atoms with Gasteiger partial charge in [-0.1, -0.05) is 42.5 Å². The quantitative estimate of drug-likeness (QED) is 0.724. The maximum atomic E-state index is 12.8. The molecule has 2 saturated heterocycles. The van der Waals surface area contributed by atoms with E-state index in [1.165, 1.54) is 12.1 Å². The molecule has 0 aromatic heterocycles. The minimum Gasteiger partial charge on any atom is -0.388 e. The third kappa shape index (κ3) is 2.88. The predicted octanol–water partition coefficient (Wildman–Crippen LogP) is 0.843. The second-order valence-electron chi connectivity index (χ2n) is 7.25. The fourth-order valence-corrected chi connectivity index (χ4v) is 4.13. The van der Waals surface area contributed by atoms with Crippen molar-refractivity contribution in [2.24, 2.45) is 0 Å². The van der Waals surface area contributed by atoms with Gasteiger partial charge in [-0.15, -0.1) is 0 Å². The number of hydrogen-bond donors (Lipinski definition) is 2. The number of carbonyl (C=O) groups excluding carboxylic acids is 2. The van der Waals surface area contributed by atoms with E-state index in [9.17, 15) is 19.8 Å². The van der Waals surface area contributed by atoms with Crippen LogP contribution in [-0.2, 0) is 14.2 Å². The molecule has 3 heterocycles. The molecule has 8 nitrogen and oxygen atoms in total. The SMILES string of the molecule is O=C1c2ccccc2C(=O)N1[C@@H]1[C@@H](O)[C@@H]2OC(c3ccccc3)OC[C@H]2O[C@H]1O. The molecular formula is C21H19NO7. The number of imide groups is 1. The van der Waals surface area contributed by atoms with Crippen LogP contribution in [-0.4, -0.2) is 64.2 Å². The van der Waals surface area contributed by atoms with Gasteiger partial charge in [0.1, 0.15) is 24.4 Å². The van der Waals surface area contributed by atoms with Crippen LogP contribution in [0.3, 0.4) is 0 Å². The molecule has 0 aliphatic carbocycles. The van der Waals surface area contributed by atoms with E-state index in [1.807, 2.05) is 30.3 Å². The molecule has 1 unspecified atom stereocenters. The zero-order valence-corrected chi connectivity index (χ0v) is 15.3. The molecule has 150 valence electrons. The van der Waals surface area contributed by atoms with Gasteiger partial charge < -0.3 is 24.4 Å². The molecule has 2 amide bonds. The first-order valence-electron chi connectivity index (χ1n) is 9.37. The average molecular weight is 397 g/mol. The second kappa shape index (κ2) is 7.01. The highest BCUT2D eigenvalue weighted by Crippen LogP contribution is 2.37. The van der Waals surface area contributed by atoms with Crippen LogP contribution >= 0.6 is 0 Å². The number of amides is 2. The van der Waals surface area contributed by atoms with Gasteiger partial charge in [-0.05, 0) is 12.1 Å². The van der Waals surface area contributed by atoms with Gasteiger partial charge in [0.05, 0.1) is 17.7 Å². The lowest BCUT2D eigenvalue weighted by Crippen LogP contribution is -2.67. The molecule has 5 rings (SSSR count). The predicted molar refractivity (Wildman–Crippen MR) is 97.6 cm³/mol. The number of fused-ring (bicyclic) bond motifs is 2. The van der Waals surface area contributed by atoms with Crippen molar-refractivity contribution in [2.75, 3.05) is 6.61 Å². The smallest absolute Gasteiger partial charge is 0.262 e. The molecule has 0 spiro atoms. The number of rotatable bonds is 2. The van der Waals surface area contributed by atoms with Gasteiger partial charge in [-0.2, -0.15) is 0 Å². The van der Waals surface area contributed by atoms with Crippen molar-refractivity contribution in [3.8, 4) is 0 Å². The highest BCUT2D eigenvalue weighted by atomic mass is 16.7. The van der Waals surface area contributed by atoms with Crippen LogP contribution in [0, 0.1) is 0 Å². The zero-order chi connectivity index (χ0) is 20.1. The summed E-state index contributed by atoms with van der Waals surface area (Å²) in [4.78, 5) is 26.5. The van der Waals surface area contributed by atoms with E-state index >= 15 is 0 Å². The third-order valence-electron chi connectivity index (χ3n) is 5.55. The van der Waals surface area contributed by atoms with E-state index in [0.717, 1.165) is 10.5 Å². The largest absolute Gasteiger partial charge is 0.388 e. The Kier molecular flexibility index (Phi) is 4.45. The summed E-state index contributed by atoms with van der Waals surface area (Å²) < 4.78 is 17.1. The van der Waals surface area contributed by atoms with Crippen molar-refractivity contribution < 1.29 is 34.0 Å². The Morgan fingerprint density at radius 2 is 1.48 bits per heavy atom. The molecule has 0 radical (unpaired) electrons. The van der Waals surface area contributed by atoms with Crippen LogP contribution < -0.4 is 0 Å². The lowest BCUT2D eigenvalue weighted by Gasteiger charge is -2.48. The fourth-order valence-electron chi connectivity index (χ4n) is 4.13. The van der Waals surface area contributed by atoms with Crippen LogP contribution in [0.15, 0.2) is 54.6 Å². The highest BCUT2D eigenvalue weighted by Gasteiger charge is 2.55. The summed E-state index contributed by atoms with van der Waals surface area (Å²) in [7, 11) is 0. The summed E-state index contributed by atoms with van der Waals surface area (Å²) in [5.41, 5.74) is 1.23. The Bertz CT molecular complexity index is 914. The Morgan fingerprint density at radius 3 is 2.14 bits per heavy atom. The maximum Gasteiger partial charge on any atom is 0.262 e. The Labute approximate surface area is 166 Å². The van der Waals surface area contributed by atoms with Crippen molar-refractivity contribution in [3.63, 3.8) is 0 Å². The summed E-state index contributed by atoms with van der Waals surface area (Å²) in [5, 5.41) is 21.5. The van der Waals surface area contributed by atoms with Crippen LogP contribution in [0.2, 0.25) is 0 Å². The molecule has 29 heavy (non-hydrogen) atoms. The molecule has 3 aliphatic rings. The van der Waals surface area contributed by atoms with Gasteiger partial charge in [0.2, 0.25) is 0 Å². The first-order valence-corrected chi connectivity index (χ1v) is 9.37. The van der Waals surface area contributed by atoms with E-state index in [4.69, 9.17) is 14.2 Å². The summed E-state index contributed by atoms with van der Waals surface area (Å²) >= 11 is 0. The van der Waals surface area contributed by atoms with Gasteiger partial charge in [-0.25, -0.2) is 0 Å². The van der Waals surface area contributed by atoms with E-state index in [-0.39, 0.29) is 17.7 Å². The highest BCUT2D eigenvalue weighted by molar-refractivity contribution is 6.21. The van der Waals surface area contributed by atoms with E-state index in [0.29, 0.717) is 0 Å². The molecule has 2 fully saturated rings. The van der Waals surface area contributed by atoms with Crippen LogP contribution in [0.4, 0.5) is 0 Å². The Balaban J connectivity index is 1.43. The summed E-state index contributed by atoms with van der Waals surface area (Å²) in [6.07, 6.45) is -5.25. The van der Waals surface area contributed by atoms with Crippen molar-refractivity contribution >= 4 is 11.8 Å². The normalized spacial score (nSPS) is 34.1. The van der Waals surface area contributed by atoms with Crippen molar-refractivity contribution in [1.29, 1.82) is 0 Å². The van der Waals surface area contributed by atoms with Crippen molar-refractivity contribution in [3.05, 3.63) is 71.3 Å². The number of hydrogen-bond acceptors (Lipinski definition) is 7. The third-order valence-corrected chi connectivity index (χ3v) is 5.55. The van der Waals surface area contributed by atoms with Crippen molar-refractivity contribution in [2.45, 2.75) is 36.9 Å². The Hall–Kier alpha value is -2.62. The first kappa shape index (κ1) is 18.4. The molecule has 2 aromatic rings. The fraction of sp³-hybridized carbons (Fsp3) is 0.333. The van der Waals surface area contributed by atoms with Gasteiger partial charge >= 0.3 is 0 Å². The lowest BCUT2D eigenvalue weighted by atomic mass is 9.94. The van der Waals surface area contributed by atoms with Gasteiger partial charge in [0, 0.05) is 5.56 Å². The molecule has 8 heteroatoms. The summed E-state index contributed by atoms with van der Waals surface area (Å²) in [6.45, 7) is 0.0905. The van der Waals surface area contributed by atoms with E-state index in [1.54, 1.807) is 12.1 Å². The van der Waals surface area contributed by atoms with E-state index < -0.39 is 48.7 Å². The topological polar surface area (TPSA) is 106 Å². The lowest BCUT2D eigenvalue weighted by molar-refractivity contribution is -0.342. The van der Waals surface area contributed by atoms with E-state index in [2.05, 4.69) is 0 Å². The Morgan fingerprint density at radius 1 is 0.862 bits per heavy atom.